The quantitative estimate of drug-likeness (QED) is 0.0355. The number of nitrogens with zero attached hydrogens (tertiary/aromatic N) is 2. The number of aromatic nitrogens is 2. The molecule has 0 atom stereocenters. The van der Waals surface area contributed by atoms with Crippen LogP contribution in [0, 0.1) is 13.8 Å². The molecule has 2 heteroatoms. The number of hydrogen-bond donors (Lipinski definition) is 0. The smallest absolute Gasteiger partial charge is 0.0702 e. The van der Waals surface area contributed by atoms with Crippen LogP contribution in [0.25, 0.3) is 100 Å². The fourth-order valence-corrected chi connectivity index (χ4v) is 20.8. The Labute approximate surface area is 686 Å². The van der Waals surface area contributed by atoms with Crippen molar-refractivity contribution >= 4 is 0 Å². The van der Waals surface area contributed by atoms with Gasteiger partial charge in [0.2, 0.25) is 0 Å². The first kappa shape index (κ1) is 83.0. The van der Waals surface area contributed by atoms with E-state index in [0.29, 0.717) is 0 Å². The van der Waals surface area contributed by atoms with Gasteiger partial charge in [-0.15, -0.1) is 0 Å². The summed E-state index contributed by atoms with van der Waals surface area (Å²) < 4.78 is 0. The fourth-order valence-electron chi connectivity index (χ4n) is 20.8. The number of aryl methyl sites for hydroxylation is 2. The van der Waals surface area contributed by atoms with E-state index in [0.717, 1.165) is 22.5 Å². The van der Waals surface area contributed by atoms with E-state index in [-0.39, 0.29) is 16.2 Å². The number of fused-ring (bicyclic) bond motifs is 9. The van der Waals surface area contributed by atoms with Gasteiger partial charge in [-0.3, -0.25) is 9.97 Å². The third-order valence-electron chi connectivity index (χ3n) is 27.3. The zero-order chi connectivity index (χ0) is 78.3. The van der Waals surface area contributed by atoms with E-state index in [1.54, 1.807) is 22.3 Å². The number of hydrogen-bond acceptors (Lipinski definition) is 2. The standard InChI is InChI=1S/C111H140N2/c1-9-15-21-27-33-39-69-109(70-40-34-28-22-16-10-2)101-75-83(7)45-61-95(101)96-64-57-91(78-104(96)109)92-58-65-99-97-62-55-89(76-102(97)110(105(99)79-92,71-41-35-29-23-17-11-3)72-42-36-30-24-18-12-4)86-49-53-88(54-50-86)108-68-60-94(82-113-108)93-59-66-100-98-63-56-90(85-47-51-87(52-48-85)107-67-46-84(8)81-112-107)77-103(98)111(106(100)80-93,73-43-37-31-25-19-13-5)74-44-38-32-26-20-14-6/h45-68,75-82H,9-44,69-74H2,1-8H3. The van der Waals surface area contributed by atoms with Crippen LogP contribution in [0.5, 0.6) is 0 Å². The summed E-state index contributed by atoms with van der Waals surface area (Å²) in [6.07, 6.45) is 58.7. The molecule has 0 N–H and O–H groups in total. The maximum atomic E-state index is 5.34. The predicted molar refractivity (Wildman–Crippen MR) is 491 cm³/mol. The van der Waals surface area contributed by atoms with Crippen molar-refractivity contribution in [2.45, 2.75) is 341 Å². The van der Waals surface area contributed by atoms with Crippen molar-refractivity contribution in [3.8, 4) is 100 Å². The molecule has 2 heterocycles. The van der Waals surface area contributed by atoms with Crippen molar-refractivity contribution in [2.75, 3.05) is 0 Å². The van der Waals surface area contributed by atoms with E-state index < -0.39 is 0 Å². The number of pyridine rings is 2. The maximum absolute atomic E-state index is 5.34. The molecule has 2 nitrogen and oxygen atoms in total. The lowest BCUT2D eigenvalue weighted by atomic mass is 9.69. The van der Waals surface area contributed by atoms with Crippen LogP contribution in [0.3, 0.4) is 0 Å². The third kappa shape index (κ3) is 19.5. The molecule has 0 radical (unpaired) electrons. The van der Waals surface area contributed by atoms with Crippen molar-refractivity contribution in [1.82, 2.24) is 9.97 Å². The number of unbranched alkanes of at least 4 members (excludes halogenated alkanes) is 30. The molecule has 0 unspecified atom stereocenters. The van der Waals surface area contributed by atoms with Crippen molar-refractivity contribution in [2.24, 2.45) is 0 Å². The fraction of sp³-hybridized carbons (Fsp3) is 0.477. The Hall–Kier alpha value is -7.94. The van der Waals surface area contributed by atoms with Gasteiger partial charge in [-0.1, -0.05) is 418 Å². The highest BCUT2D eigenvalue weighted by molar-refractivity contribution is 5.90. The van der Waals surface area contributed by atoms with Crippen LogP contribution in [-0.2, 0) is 16.2 Å². The van der Waals surface area contributed by atoms with Crippen molar-refractivity contribution in [3.63, 3.8) is 0 Å². The third-order valence-corrected chi connectivity index (χ3v) is 27.3. The van der Waals surface area contributed by atoms with Crippen molar-refractivity contribution < 1.29 is 0 Å². The van der Waals surface area contributed by atoms with Crippen molar-refractivity contribution in [3.05, 3.63) is 239 Å². The highest BCUT2D eigenvalue weighted by Gasteiger charge is 2.46. The summed E-state index contributed by atoms with van der Waals surface area (Å²) in [6.45, 7) is 18.5. The minimum absolute atomic E-state index is 0.0414. The van der Waals surface area contributed by atoms with E-state index in [2.05, 4.69) is 244 Å². The molecular formula is C111H140N2. The summed E-state index contributed by atoms with van der Waals surface area (Å²) in [6, 6.07) is 73.2. The van der Waals surface area contributed by atoms with Gasteiger partial charge in [0.05, 0.1) is 11.4 Å². The first-order valence-corrected chi connectivity index (χ1v) is 46.5. The molecule has 113 heavy (non-hydrogen) atoms. The summed E-state index contributed by atoms with van der Waals surface area (Å²) in [5, 5.41) is 0. The van der Waals surface area contributed by atoms with Crippen LogP contribution in [-0.4, -0.2) is 9.97 Å². The second kappa shape index (κ2) is 41.1. The molecule has 0 fully saturated rings. The van der Waals surface area contributed by atoms with Crippen LogP contribution in [0.2, 0.25) is 0 Å². The molecule has 0 amide bonds. The molecular weight excluding hydrogens is 1360 g/mol. The molecule has 0 saturated heterocycles. The molecule has 594 valence electrons. The lowest BCUT2D eigenvalue weighted by Gasteiger charge is -2.34. The maximum Gasteiger partial charge on any atom is 0.0702 e. The summed E-state index contributed by atoms with van der Waals surface area (Å²) in [5.41, 5.74) is 35.5. The molecule has 3 aliphatic carbocycles. The summed E-state index contributed by atoms with van der Waals surface area (Å²) in [7, 11) is 0. The highest BCUT2D eigenvalue weighted by atomic mass is 14.7. The Morgan fingerprint density at radius 3 is 0.673 bits per heavy atom. The monoisotopic (exact) mass is 1500 g/mol. The molecule has 0 bridgehead atoms. The number of rotatable bonds is 48. The Kier molecular flexibility index (Phi) is 30.2. The van der Waals surface area contributed by atoms with Gasteiger partial charge in [0.1, 0.15) is 0 Å². The zero-order valence-electron chi connectivity index (χ0n) is 71.6. The van der Waals surface area contributed by atoms with Crippen LogP contribution in [0.4, 0.5) is 0 Å². The molecule has 2 aromatic heterocycles. The molecule has 10 aromatic rings. The first-order chi connectivity index (χ1) is 55.6. The minimum Gasteiger partial charge on any atom is -0.256 e. The van der Waals surface area contributed by atoms with Crippen LogP contribution in [0.15, 0.2) is 194 Å². The Balaban J connectivity index is 0.809. The van der Waals surface area contributed by atoms with Gasteiger partial charge in [0, 0.05) is 45.3 Å². The zero-order valence-corrected chi connectivity index (χ0v) is 71.6. The van der Waals surface area contributed by atoms with Gasteiger partial charge in [0.15, 0.2) is 0 Å². The van der Waals surface area contributed by atoms with Crippen LogP contribution < -0.4 is 0 Å². The van der Waals surface area contributed by atoms with Crippen LogP contribution in [0.1, 0.15) is 356 Å². The SMILES string of the molecule is CCCCCCCCC1(CCCCCCCC)c2cc(C)ccc2-c2ccc(-c3ccc4c(c3)C(CCCCCCCC)(CCCCCCCC)c3cc(-c5ccc(-c6ccc(-c7ccc8c(c7)C(CCCCCCCC)(CCCCCCCC)c7cc(-c9ccc(-c%10ccc(C)cn%10)cc9)ccc7-8)cn6)cc5)ccc3-4)cc21. The van der Waals surface area contributed by atoms with Crippen LogP contribution >= 0.6 is 0 Å². The second-order valence-electron chi connectivity index (χ2n) is 35.5. The molecule has 0 saturated carbocycles. The van der Waals surface area contributed by atoms with E-state index >= 15 is 0 Å². The molecule has 13 rings (SSSR count). The van der Waals surface area contributed by atoms with E-state index in [9.17, 15) is 0 Å². The Morgan fingerprint density at radius 2 is 0.398 bits per heavy atom. The minimum atomic E-state index is -0.0638. The summed E-state index contributed by atoms with van der Waals surface area (Å²) >= 11 is 0. The number of benzene rings is 8. The molecule has 8 aromatic carbocycles. The van der Waals surface area contributed by atoms with Gasteiger partial charge >= 0.3 is 0 Å². The predicted octanol–water partition coefficient (Wildman–Crippen LogP) is 34.4. The molecule has 3 aliphatic rings. The average Bonchev–Trinajstić information content (AvgIpc) is 1.57. The topological polar surface area (TPSA) is 25.8 Å². The van der Waals surface area contributed by atoms with Gasteiger partial charge in [-0.25, -0.2) is 0 Å². The van der Waals surface area contributed by atoms with Gasteiger partial charge in [-0.05, 0) is 206 Å². The lowest BCUT2D eigenvalue weighted by Crippen LogP contribution is -2.26. The van der Waals surface area contributed by atoms with E-state index in [1.165, 1.54) is 370 Å². The lowest BCUT2D eigenvalue weighted by molar-refractivity contribution is 0.397. The summed E-state index contributed by atoms with van der Waals surface area (Å²) in [5.74, 6) is 0. The van der Waals surface area contributed by atoms with E-state index in [4.69, 9.17) is 9.97 Å². The molecule has 0 aliphatic heterocycles. The Bertz CT molecular complexity index is 4570. The highest BCUT2D eigenvalue weighted by Crippen LogP contribution is 2.60. The second-order valence-corrected chi connectivity index (χ2v) is 35.5. The average molecular weight is 1500 g/mol. The normalized spacial score (nSPS) is 13.8. The summed E-state index contributed by atoms with van der Waals surface area (Å²) in [4.78, 5) is 10.1. The van der Waals surface area contributed by atoms with E-state index in [1.807, 2.05) is 6.20 Å². The Morgan fingerprint density at radius 1 is 0.186 bits per heavy atom. The van der Waals surface area contributed by atoms with Gasteiger partial charge in [-0.2, -0.15) is 0 Å². The van der Waals surface area contributed by atoms with Gasteiger partial charge < -0.3 is 0 Å². The van der Waals surface area contributed by atoms with Crippen molar-refractivity contribution in [1.29, 1.82) is 0 Å². The molecule has 0 spiro atoms. The van der Waals surface area contributed by atoms with Gasteiger partial charge in [0.25, 0.3) is 0 Å². The first-order valence-electron chi connectivity index (χ1n) is 46.5. The largest absolute Gasteiger partial charge is 0.256 e.